The first kappa shape index (κ1) is 13.1. The quantitative estimate of drug-likeness (QED) is 0.802. The molecule has 0 N–H and O–H groups in total. The lowest BCUT2D eigenvalue weighted by Gasteiger charge is -2.28. The third-order valence-electron chi connectivity index (χ3n) is 3.99. The first-order valence-corrected chi connectivity index (χ1v) is 6.61. The number of hydrogen-bond acceptors (Lipinski definition) is 1. The fraction of sp³-hybridized carbons (Fsp3) is 0.533. The van der Waals surface area contributed by atoms with Crippen molar-refractivity contribution in [3.8, 4) is 0 Å². The molecule has 2 nitrogen and oxygen atoms in total. The molecular weight excluding hydrogens is 229 g/mol. The van der Waals surface area contributed by atoms with Crippen LogP contribution >= 0.6 is 0 Å². The normalized spacial score (nSPS) is 17.7. The minimum absolute atomic E-state index is 0.00120. The Bertz CT molecular complexity index is 409. The monoisotopic (exact) mass is 249 g/mol. The van der Waals surface area contributed by atoms with Crippen molar-refractivity contribution in [2.24, 2.45) is 5.92 Å². The number of halogens is 1. The Hall–Kier alpha value is -1.38. The van der Waals surface area contributed by atoms with Crippen molar-refractivity contribution in [3.63, 3.8) is 0 Å². The third-order valence-corrected chi connectivity index (χ3v) is 3.99. The molecule has 98 valence electrons. The van der Waals surface area contributed by atoms with Gasteiger partial charge < -0.3 is 4.90 Å². The highest BCUT2D eigenvalue weighted by atomic mass is 19.1. The second kappa shape index (κ2) is 5.51. The molecule has 18 heavy (non-hydrogen) atoms. The summed E-state index contributed by atoms with van der Waals surface area (Å²) in [6, 6.07) is 6.38. The maximum Gasteiger partial charge on any atom is 0.225 e. The number of rotatable bonds is 3. The van der Waals surface area contributed by atoms with Crippen molar-refractivity contribution >= 4 is 5.91 Å². The molecule has 1 aromatic carbocycles. The Kier molecular flexibility index (Phi) is 4.00. The van der Waals surface area contributed by atoms with Crippen LogP contribution in [-0.2, 0) is 4.79 Å². The standard InChI is InChI=1S/C15H20FNO/c1-11(12-7-9-14(16)10-8-12)17(2)15(18)13-5-3-4-6-13/h7-11,13H,3-6H2,1-2H3. The summed E-state index contributed by atoms with van der Waals surface area (Å²) >= 11 is 0. The van der Waals surface area contributed by atoms with Crippen molar-refractivity contribution in [3.05, 3.63) is 35.6 Å². The SMILES string of the molecule is CC(c1ccc(F)cc1)N(C)C(=O)C1CCCC1. The van der Waals surface area contributed by atoms with Gasteiger partial charge in [-0.1, -0.05) is 25.0 Å². The number of benzene rings is 1. The molecule has 1 aliphatic rings. The second-order valence-electron chi connectivity index (χ2n) is 5.16. The van der Waals surface area contributed by atoms with Gasteiger partial charge in [-0.15, -0.1) is 0 Å². The molecule has 1 saturated carbocycles. The number of amides is 1. The van der Waals surface area contributed by atoms with Crippen molar-refractivity contribution < 1.29 is 9.18 Å². The Labute approximate surface area is 108 Å². The molecule has 0 heterocycles. The number of nitrogens with zero attached hydrogens (tertiary/aromatic N) is 1. The summed E-state index contributed by atoms with van der Waals surface area (Å²) in [5.41, 5.74) is 0.977. The van der Waals surface area contributed by atoms with Crippen LogP contribution in [0.2, 0.25) is 0 Å². The molecule has 0 aromatic heterocycles. The summed E-state index contributed by atoms with van der Waals surface area (Å²) in [5.74, 6) is 0.179. The van der Waals surface area contributed by atoms with Gasteiger partial charge >= 0.3 is 0 Å². The van der Waals surface area contributed by atoms with Crippen LogP contribution in [0.15, 0.2) is 24.3 Å². The van der Waals surface area contributed by atoms with Crippen molar-refractivity contribution in [2.75, 3.05) is 7.05 Å². The minimum Gasteiger partial charge on any atom is -0.339 e. The molecule has 1 aromatic rings. The first-order chi connectivity index (χ1) is 8.59. The van der Waals surface area contributed by atoms with Gasteiger partial charge in [0.05, 0.1) is 6.04 Å². The highest BCUT2D eigenvalue weighted by molar-refractivity contribution is 5.79. The number of carbonyl (C=O) groups is 1. The average molecular weight is 249 g/mol. The molecule has 0 bridgehead atoms. The zero-order valence-electron chi connectivity index (χ0n) is 11.0. The van der Waals surface area contributed by atoms with Crippen LogP contribution in [-0.4, -0.2) is 17.9 Å². The van der Waals surface area contributed by atoms with Gasteiger partial charge in [-0.25, -0.2) is 4.39 Å². The summed E-state index contributed by atoms with van der Waals surface area (Å²) in [6.45, 7) is 1.99. The Morgan fingerprint density at radius 2 is 1.83 bits per heavy atom. The van der Waals surface area contributed by atoms with Crippen LogP contribution < -0.4 is 0 Å². The van der Waals surface area contributed by atoms with Crippen molar-refractivity contribution in [1.82, 2.24) is 4.90 Å². The largest absolute Gasteiger partial charge is 0.339 e. The van der Waals surface area contributed by atoms with E-state index in [1.165, 1.54) is 12.1 Å². The van der Waals surface area contributed by atoms with Crippen molar-refractivity contribution in [2.45, 2.75) is 38.6 Å². The van der Waals surface area contributed by atoms with E-state index in [9.17, 15) is 9.18 Å². The molecule has 1 amide bonds. The first-order valence-electron chi connectivity index (χ1n) is 6.61. The van der Waals surface area contributed by atoms with Crippen LogP contribution in [0.5, 0.6) is 0 Å². The average Bonchev–Trinajstić information content (AvgIpc) is 2.91. The van der Waals surface area contributed by atoms with E-state index in [4.69, 9.17) is 0 Å². The molecule has 1 unspecified atom stereocenters. The topological polar surface area (TPSA) is 20.3 Å². The Morgan fingerprint density at radius 1 is 1.28 bits per heavy atom. The lowest BCUT2D eigenvalue weighted by atomic mass is 10.0. The summed E-state index contributed by atoms with van der Waals surface area (Å²) in [7, 11) is 1.84. The molecule has 0 spiro atoms. The third kappa shape index (κ3) is 2.71. The minimum atomic E-state index is -0.240. The van der Waals surface area contributed by atoms with E-state index in [0.717, 1.165) is 31.2 Å². The maximum atomic E-state index is 12.9. The van der Waals surface area contributed by atoms with Crippen LogP contribution in [0.4, 0.5) is 4.39 Å². The van der Waals surface area contributed by atoms with Crippen LogP contribution in [0.3, 0.4) is 0 Å². The van der Waals surface area contributed by atoms with Gasteiger partial charge in [0, 0.05) is 13.0 Å². The predicted molar refractivity (Wildman–Crippen MR) is 69.5 cm³/mol. The Morgan fingerprint density at radius 3 is 2.39 bits per heavy atom. The highest BCUT2D eigenvalue weighted by Gasteiger charge is 2.27. The summed E-state index contributed by atoms with van der Waals surface area (Å²) in [4.78, 5) is 14.1. The molecule has 1 fully saturated rings. The second-order valence-corrected chi connectivity index (χ2v) is 5.16. The van der Waals surface area contributed by atoms with E-state index in [0.29, 0.717) is 0 Å². The van der Waals surface area contributed by atoms with E-state index < -0.39 is 0 Å². The van der Waals surface area contributed by atoms with E-state index in [1.54, 1.807) is 17.0 Å². The van der Waals surface area contributed by atoms with Gasteiger partial charge in [0.2, 0.25) is 5.91 Å². The van der Waals surface area contributed by atoms with Gasteiger partial charge in [0.1, 0.15) is 5.82 Å². The smallest absolute Gasteiger partial charge is 0.225 e. The van der Waals surface area contributed by atoms with E-state index >= 15 is 0 Å². The van der Waals surface area contributed by atoms with Gasteiger partial charge in [-0.2, -0.15) is 0 Å². The fourth-order valence-electron chi connectivity index (χ4n) is 2.62. The molecule has 0 radical (unpaired) electrons. The summed E-state index contributed by atoms with van der Waals surface area (Å²) in [6.07, 6.45) is 4.35. The van der Waals surface area contributed by atoms with Crippen LogP contribution in [0.1, 0.15) is 44.2 Å². The van der Waals surface area contributed by atoms with Gasteiger partial charge in [0.15, 0.2) is 0 Å². The lowest BCUT2D eigenvalue weighted by molar-refractivity contribution is -0.135. The van der Waals surface area contributed by atoms with Crippen molar-refractivity contribution in [1.29, 1.82) is 0 Å². The molecular formula is C15H20FNO. The van der Waals surface area contributed by atoms with E-state index in [2.05, 4.69) is 0 Å². The molecule has 0 saturated heterocycles. The molecule has 2 rings (SSSR count). The molecule has 3 heteroatoms. The predicted octanol–water partition coefficient (Wildman–Crippen LogP) is 3.54. The zero-order valence-corrected chi connectivity index (χ0v) is 11.0. The molecule has 1 atom stereocenters. The van der Waals surface area contributed by atoms with Crippen LogP contribution in [0, 0.1) is 11.7 Å². The number of carbonyl (C=O) groups excluding carboxylic acids is 1. The summed E-state index contributed by atoms with van der Waals surface area (Å²) in [5, 5.41) is 0. The summed E-state index contributed by atoms with van der Waals surface area (Å²) < 4.78 is 12.9. The fourth-order valence-corrected chi connectivity index (χ4v) is 2.62. The van der Waals surface area contributed by atoms with Gasteiger partial charge in [0.25, 0.3) is 0 Å². The van der Waals surface area contributed by atoms with Gasteiger partial charge in [-0.3, -0.25) is 4.79 Å². The van der Waals surface area contributed by atoms with E-state index in [1.807, 2.05) is 14.0 Å². The zero-order chi connectivity index (χ0) is 13.1. The highest BCUT2D eigenvalue weighted by Crippen LogP contribution is 2.29. The molecule has 0 aliphatic heterocycles. The Balaban J connectivity index is 2.05. The molecule has 1 aliphatic carbocycles. The van der Waals surface area contributed by atoms with Crippen LogP contribution in [0.25, 0.3) is 0 Å². The maximum absolute atomic E-state index is 12.9. The number of hydrogen-bond donors (Lipinski definition) is 0. The van der Waals surface area contributed by atoms with Gasteiger partial charge in [-0.05, 0) is 37.5 Å². The van der Waals surface area contributed by atoms with E-state index in [-0.39, 0.29) is 23.7 Å². The lowest BCUT2D eigenvalue weighted by Crippen LogP contribution is -2.34.